The van der Waals surface area contributed by atoms with Crippen LogP contribution in [0, 0.1) is 18.6 Å². The van der Waals surface area contributed by atoms with E-state index in [2.05, 4.69) is 47.5 Å². The molecule has 0 saturated heterocycles. The Hall–Kier alpha value is -1.94. The first kappa shape index (κ1) is 11.2. The number of hydrogen-bond acceptors (Lipinski definition) is 2. The Balaban J connectivity index is 2.45. The van der Waals surface area contributed by atoms with Gasteiger partial charge in [0.05, 0.1) is 5.69 Å². The summed E-state index contributed by atoms with van der Waals surface area (Å²) < 4.78 is 2.60. The molecule has 0 aliphatic carbocycles. The third-order valence-corrected chi connectivity index (χ3v) is 3.47. The highest BCUT2D eigenvalue weighted by atomic mass is 32.1. The van der Waals surface area contributed by atoms with Gasteiger partial charge in [0.25, 0.3) is 0 Å². The molecule has 18 heavy (non-hydrogen) atoms. The number of fused-ring (bicyclic) bond motifs is 1. The number of hydrogen-bond donors (Lipinski definition) is 1. The smallest absolute Gasteiger partial charge is 0.199 e. The van der Waals surface area contributed by atoms with Crippen molar-refractivity contribution < 1.29 is 0 Å². The number of benzene rings is 2. The molecule has 1 heterocycles. The van der Waals surface area contributed by atoms with E-state index in [9.17, 15) is 0 Å². The molecular formula is C14H13N3S. The summed E-state index contributed by atoms with van der Waals surface area (Å²) in [6, 6.07) is 12.6. The molecule has 90 valence electrons. The first-order valence-corrected chi connectivity index (χ1v) is 6.22. The topological polar surface area (TPSA) is 33.6 Å². The summed E-state index contributed by atoms with van der Waals surface area (Å²) >= 11 is 5.30. The summed E-state index contributed by atoms with van der Waals surface area (Å²) in [7, 11) is 0. The first-order valence-electron chi connectivity index (χ1n) is 5.81. The summed E-state index contributed by atoms with van der Waals surface area (Å²) in [4.78, 5) is 0. The van der Waals surface area contributed by atoms with Crippen molar-refractivity contribution in [3.63, 3.8) is 0 Å². The molecule has 0 bridgehead atoms. The van der Waals surface area contributed by atoms with Crippen LogP contribution in [-0.2, 0) is 0 Å². The molecule has 3 aromatic rings. The summed E-state index contributed by atoms with van der Waals surface area (Å²) in [6.45, 7) is 4.06. The van der Waals surface area contributed by atoms with E-state index in [1.54, 1.807) is 0 Å². The zero-order valence-electron chi connectivity index (χ0n) is 10.3. The van der Waals surface area contributed by atoms with Gasteiger partial charge in [0.2, 0.25) is 0 Å². The van der Waals surface area contributed by atoms with Crippen molar-refractivity contribution >= 4 is 23.0 Å². The Kier molecular flexibility index (Phi) is 2.52. The zero-order chi connectivity index (χ0) is 12.7. The van der Waals surface area contributed by atoms with E-state index in [4.69, 9.17) is 12.2 Å². The third-order valence-electron chi connectivity index (χ3n) is 3.20. The Labute approximate surface area is 110 Å². The molecule has 0 unspecified atom stereocenters. The lowest BCUT2D eigenvalue weighted by Gasteiger charge is -2.10. The average Bonchev–Trinajstić information content (AvgIpc) is 2.71. The molecule has 0 spiro atoms. The predicted molar refractivity (Wildman–Crippen MR) is 75.7 cm³/mol. The second-order valence-corrected chi connectivity index (χ2v) is 4.75. The van der Waals surface area contributed by atoms with Crippen molar-refractivity contribution in [1.82, 2.24) is 14.8 Å². The van der Waals surface area contributed by atoms with Gasteiger partial charge in [0.1, 0.15) is 5.82 Å². The van der Waals surface area contributed by atoms with Gasteiger partial charge in [-0.1, -0.05) is 30.3 Å². The van der Waals surface area contributed by atoms with Crippen LogP contribution in [-0.4, -0.2) is 14.8 Å². The number of aromatic nitrogens is 3. The minimum Gasteiger partial charge on any atom is -0.272 e. The van der Waals surface area contributed by atoms with Crippen molar-refractivity contribution in [2.75, 3.05) is 0 Å². The molecule has 0 fully saturated rings. The summed E-state index contributed by atoms with van der Waals surface area (Å²) in [5, 5.41) is 9.44. The highest BCUT2D eigenvalue weighted by molar-refractivity contribution is 7.71. The lowest BCUT2D eigenvalue weighted by atomic mass is 10.0. The van der Waals surface area contributed by atoms with Crippen LogP contribution >= 0.6 is 12.2 Å². The molecule has 0 aliphatic heterocycles. The van der Waals surface area contributed by atoms with Crippen molar-refractivity contribution in [3.8, 4) is 5.69 Å². The van der Waals surface area contributed by atoms with Crippen LogP contribution in [0.15, 0.2) is 36.4 Å². The van der Waals surface area contributed by atoms with Gasteiger partial charge in [0, 0.05) is 5.39 Å². The molecule has 4 heteroatoms. The fraction of sp³-hybridized carbons (Fsp3) is 0.143. The molecular weight excluding hydrogens is 242 g/mol. The van der Waals surface area contributed by atoms with Crippen LogP contribution in [0.1, 0.15) is 11.4 Å². The monoisotopic (exact) mass is 255 g/mol. The van der Waals surface area contributed by atoms with Crippen molar-refractivity contribution in [2.45, 2.75) is 13.8 Å². The predicted octanol–water partition coefficient (Wildman–Crippen LogP) is 3.70. The molecule has 3 rings (SSSR count). The molecule has 2 aromatic carbocycles. The minimum atomic E-state index is 0.626. The van der Waals surface area contributed by atoms with Crippen molar-refractivity contribution in [2.24, 2.45) is 0 Å². The fourth-order valence-electron chi connectivity index (χ4n) is 2.29. The number of nitrogens with zero attached hydrogens (tertiary/aromatic N) is 2. The van der Waals surface area contributed by atoms with Gasteiger partial charge in [-0.3, -0.25) is 9.67 Å². The van der Waals surface area contributed by atoms with Crippen molar-refractivity contribution in [1.29, 1.82) is 0 Å². The van der Waals surface area contributed by atoms with Gasteiger partial charge < -0.3 is 0 Å². The van der Waals surface area contributed by atoms with Gasteiger partial charge in [-0.15, -0.1) is 0 Å². The standard InChI is InChI=1S/C14H13N3S/c1-9-7-8-13(12-6-4-3-5-11(9)12)17-10(2)15-16-14(17)18/h3-8H,1-2H3,(H,16,18). The Bertz CT molecular complexity index is 783. The molecule has 1 N–H and O–H groups in total. The number of nitrogens with one attached hydrogen (secondary N) is 1. The van der Waals surface area contributed by atoms with E-state index in [-0.39, 0.29) is 0 Å². The van der Waals surface area contributed by atoms with Crippen molar-refractivity contribution in [3.05, 3.63) is 52.6 Å². The number of aryl methyl sites for hydroxylation is 2. The van der Waals surface area contributed by atoms with Gasteiger partial charge in [-0.2, -0.15) is 5.10 Å². The highest BCUT2D eigenvalue weighted by Crippen LogP contribution is 2.25. The van der Waals surface area contributed by atoms with Crippen LogP contribution in [0.2, 0.25) is 0 Å². The van der Waals surface area contributed by atoms with Crippen LogP contribution < -0.4 is 0 Å². The SMILES string of the molecule is Cc1ccc(-n2c(C)n[nH]c2=S)c2ccccc12. The normalized spacial score (nSPS) is 11.0. The maximum Gasteiger partial charge on any atom is 0.199 e. The van der Waals surface area contributed by atoms with Crippen LogP contribution in [0.4, 0.5) is 0 Å². The van der Waals surface area contributed by atoms with Gasteiger partial charge in [-0.05, 0) is 43.1 Å². The van der Waals surface area contributed by atoms with E-state index < -0.39 is 0 Å². The Morgan fingerprint density at radius 2 is 1.78 bits per heavy atom. The summed E-state index contributed by atoms with van der Waals surface area (Å²) in [5.74, 6) is 0.869. The second-order valence-electron chi connectivity index (χ2n) is 4.36. The van der Waals surface area contributed by atoms with E-state index in [1.807, 2.05) is 17.6 Å². The number of rotatable bonds is 1. The van der Waals surface area contributed by atoms with Crippen LogP contribution in [0.3, 0.4) is 0 Å². The van der Waals surface area contributed by atoms with Crippen LogP contribution in [0.5, 0.6) is 0 Å². The van der Waals surface area contributed by atoms with E-state index in [0.717, 1.165) is 11.5 Å². The molecule has 3 nitrogen and oxygen atoms in total. The molecule has 0 saturated carbocycles. The van der Waals surface area contributed by atoms with Gasteiger partial charge in [-0.25, -0.2) is 0 Å². The lowest BCUT2D eigenvalue weighted by Crippen LogP contribution is -1.98. The van der Waals surface area contributed by atoms with E-state index in [0.29, 0.717) is 4.77 Å². The van der Waals surface area contributed by atoms with Gasteiger partial charge >= 0.3 is 0 Å². The lowest BCUT2D eigenvalue weighted by molar-refractivity contribution is 0.970. The first-order chi connectivity index (χ1) is 8.68. The minimum absolute atomic E-state index is 0.626. The zero-order valence-corrected chi connectivity index (χ0v) is 11.1. The second kappa shape index (κ2) is 4.07. The van der Waals surface area contributed by atoms with E-state index in [1.165, 1.54) is 16.3 Å². The fourth-order valence-corrected chi connectivity index (χ4v) is 2.56. The molecule has 1 aromatic heterocycles. The maximum absolute atomic E-state index is 5.30. The molecule has 0 radical (unpaired) electrons. The maximum atomic E-state index is 5.30. The van der Waals surface area contributed by atoms with Crippen LogP contribution in [0.25, 0.3) is 16.5 Å². The molecule has 0 amide bonds. The quantitative estimate of drug-likeness (QED) is 0.673. The third kappa shape index (κ3) is 1.57. The largest absolute Gasteiger partial charge is 0.272 e. The average molecular weight is 255 g/mol. The van der Waals surface area contributed by atoms with Gasteiger partial charge in [0.15, 0.2) is 4.77 Å². The highest BCUT2D eigenvalue weighted by Gasteiger charge is 2.08. The molecule has 0 aliphatic rings. The van der Waals surface area contributed by atoms with E-state index >= 15 is 0 Å². The number of H-pyrrole nitrogens is 1. The Morgan fingerprint density at radius 3 is 2.44 bits per heavy atom. The summed E-state index contributed by atoms with van der Waals surface area (Å²) in [5.41, 5.74) is 2.34. The number of aromatic amines is 1. The molecule has 0 atom stereocenters. The summed E-state index contributed by atoms with van der Waals surface area (Å²) in [6.07, 6.45) is 0. The Morgan fingerprint density at radius 1 is 1.06 bits per heavy atom.